The second-order valence-corrected chi connectivity index (χ2v) is 6.68. The van der Waals surface area contributed by atoms with Gasteiger partial charge in [-0.25, -0.2) is 9.48 Å². The molecule has 3 aromatic rings. The minimum atomic E-state index is -0.931. The molecule has 29 heavy (non-hydrogen) atoms. The Hall–Kier alpha value is -3.41. The number of allylic oxidation sites excluding steroid dienone is 1. The molecule has 0 aliphatic carbocycles. The molecule has 1 heterocycles. The number of aromatic carboxylic acids is 1. The molecule has 0 bridgehead atoms. The largest absolute Gasteiger partial charge is 0.478 e. The molecule has 0 amide bonds. The smallest absolute Gasteiger partial charge is 0.336 e. The van der Waals surface area contributed by atoms with Crippen LogP contribution in [-0.2, 0) is 13.0 Å². The van der Waals surface area contributed by atoms with Crippen molar-refractivity contribution >= 4 is 5.97 Å². The second kappa shape index (κ2) is 9.68. The lowest BCUT2D eigenvalue weighted by Crippen LogP contribution is -2.06. The summed E-state index contributed by atoms with van der Waals surface area (Å²) in [5, 5.41) is 13.9. The summed E-state index contributed by atoms with van der Waals surface area (Å²) in [7, 11) is 0. The maximum Gasteiger partial charge on any atom is 0.336 e. The quantitative estimate of drug-likeness (QED) is 0.511. The van der Waals surface area contributed by atoms with Crippen LogP contribution in [-0.4, -0.2) is 32.4 Å². The zero-order valence-electron chi connectivity index (χ0n) is 16.5. The monoisotopic (exact) mass is 391 g/mol. The number of ether oxygens (including phenoxy) is 1. The fourth-order valence-electron chi connectivity index (χ4n) is 3.04. The van der Waals surface area contributed by atoms with Gasteiger partial charge in [0.05, 0.1) is 12.2 Å². The number of carboxylic acids is 1. The van der Waals surface area contributed by atoms with Crippen molar-refractivity contribution in [1.82, 2.24) is 14.8 Å². The molecule has 0 saturated heterocycles. The highest BCUT2D eigenvalue weighted by Crippen LogP contribution is 2.25. The molecule has 2 aromatic carbocycles. The van der Waals surface area contributed by atoms with Gasteiger partial charge in [0.25, 0.3) is 0 Å². The molecule has 1 N–H and O–H groups in total. The third-order valence-electron chi connectivity index (χ3n) is 4.49. The van der Waals surface area contributed by atoms with Gasteiger partial charge in [0.2, 0.25) is 0 Å². The molecule has 6 heteroatoms. The summed E-state index contributed by atoms with van der Waals surface area (Å²) in [4.78, 5) is 16.0. The van der Waals surface area contributed by atoms with Crippen LogP contribution in [0.2, 0.25) is 0 Å². The molecular formula is C23H25N3O3. The van der Waals surface area contributed by atoms with Gasteiger partial charge in [0.15, 0.2) is 0 Å². The number of rotatable bonds is 10. The maximum atomic E-state index is 11.5. The van der Waals surface area contributed by atoms with Crippen molar-refractivity contribution in [2.75, 3.05) is 6.61 Å². The summed E-state index contributed by atoms with van der Waals surface area (Å²) in [6.07, 6.45) is 4.16. The van der Waals surface area contributed by atoms with Gasteiger partial charge in [-0.15, -0.1) is 11.7 Å². The van der Waals surface area contributed by atoms with Gasteiger partial charge in [0, 0.05) is 13.0 Å². The van der Waals surface area contributed by atoms with Crippen LogP contribution in [0.15, 0.2) is 61.2 Å². The first-order valence-electron chi connectivity index (χ1n) is 9.71. The number of hydrogen-bond acceptors (Lipinski definition) is 4. The Labute approximate surface area is 170 Å². The molecule has 0 spiro atoms. The van der Waals surface area contributed by atoms with Crippen molar-refractivity contribution in [2.24, 2.45) is 0 Å². The average Bonchev–Trinajstić information content (AvgIpc) is 3.12. The molecule has 0 aliphatic heterocycles. The fourth-order valence-corrected chi connectivity index (χ4v) is 3.04. The average molecular weight is 391 g/mol. The van der Waals surface area contributed by atoms with Crippen molar-refractivity contribution in [1.29, 1.82) is 0 Å². The van der Waals surface area contributed by atoms with Crippen LogP contribution >= 0.6 is 0 Å². The van der Waals surface area contributed by atoms with Gasteiger partial charge >= 0.3 is 12.0 Å². The molecular weight excluding hydrogens is 366 g/mol. The van der Waals surface area contributed by atoms with E-state index in [1.54, 1.807) is 12.1 Å². The van der Waals surface area contributed by atoms with Crippen molar-refractivity contribution < 1.29 is 14.6 Å². The molecule has 0 atom stereocenters. The molecule has 150 valence electrons. The van der Waals surface area contributed by atoms with Gasteiger partial charge in [0.1, 0.15) is 5.82 Å². The Bertz CT molecular complexity index is 977. The third-order valence-corrected chi connectivity index (χ3v) is 4.49. The van der Waals surface area contributed by atoms with E-state index < -0.39 is 5.97 Å². The lowest BCUT2D eigenvalue weighted by molar-refractivity contribution is 0.0697. The highest BCUT2D eigenvalue weighted by atomic mass is 16.5. The van der Waals surface area contributed by atoms with Crippen LogP contribution in [0.4, 0.5) is 0 Å². The predicted octanol–water partition coefficient (Wildman–Crippen LogP) is 4.60. The second-order valence-electron chi connectivity index (χ2n) is 6.68. The number of aryl methyl sites for hydroxylation is 1. The van der Waals surface area contributed by atoms with E-state index in [0.717, 1.165) is 29.8 Å². The van der Waals surface area contributed by atoms with Gasteiger partial charge in [-0.3, -0.25) is 0 Å². The van der Waals surface area contributed by atoms with E-state index in [2.05, 4.69) is 16.7 Å². The Morgan fingerprint density at radius 3 is 2.66 bits per heavy atom. The highest BCUT2D eigenvalue weighted by Gasteiger charge is 2.13. The summed E-state index contributed by atoms with van der Waals surface area (Å²) in [6, 6.07) is 15.3. The minimum Gasteiger partial charge on any atom is -0.478 e. The maximum absolute atomic E-state index is 11.5. The zero-order chi connectivity index (χ0) is 20.6. The first kappa shape index (κ1) is 20.3. The number of hydrogen-bond donors (Lipinski definition) is 1. The summed E-state index contributed by atoms with van der Waals surface area (Å²) in [6.45, 7) is 7.10. The lowest BCUT2D eigenvalue weighted by Gasteiger charge is -2.08. The Balaban J connectivity index is 1.81. The summed E-state index contributed by atoms with van der Waals surface area (Å²) >= 11 is 0. The van der Waals surface area contributed by atoms with Crippen molar-refractivity contribution in [3.8, 4) is 17.1 Å². The van der Waals surface area contributed by atoms with E-state index in [0.29, 0.717) is 36.7 Å². The van der Waals surface area contributed by atoms with Gasteiger partial charge < -0.3 is 9.84 Å². The Morgan fingerprint density at radius 2 is 1.97 bits per heavy atom. The van der Waals surface area contributed by atoms with E-state index in [4.69, 9.17) is 4.74 Å². The van der Waals surface area contributed by atoms with Crippen LogP contribution in [0.5, 0.6) is 6.01 Å². The molecule has 6 nitrogen and oxygen atoms in total. The minimum absolute atomic E-state index is 0.294. The Kier molecular flexibility index (Phi) is 6.79. The topological polar surface area (TPSA) is 77.2 Å². The molecule has 1 aromatic heterocycles. The third kappa shape index (κ3) is 5.10. The molecule has 0 saturated carbocycles. The van der Waals surface area contributed by atoms with E-state index >= 15 is 0 Å². The van der Waals surface area contributed by atoms with Gasteiger partial charge in [-0.2, -0.15) is 4.98 Å². The van der Waals surface area contributed by atoms with Crippen LogP contribution in [0.3, 0.4) is 0 Å². The molecule has 0 radical (unpaired) electrons. The summed E-state index contributed by atoms with van der Waals surface area (Å²) < 4.78 is 7.44. The van der Waals surface area contributed by atoms with Crippen LogP contribution in [0, 0.1) is 0 Å². The predicted molar refractivity (Wildman–Crippen MR) is 112 cm³/mol. The number of carbonyl (C=O) groups is 1. The van der Waals surface area contributed by atoms with Crippen molar-refractivity contribution in [2.45, 2.75) is 32.7 Å². The zero-order valence-corrected chi connectivity index (χ0v) is 16.5. The first-order chi connectivity index (χ1) is 14.1. The van der Waals surface area contributed by atoms with Crippen LogP contribution in [0.25, 0.3) is 11.1 Å². The SMILES string of the molecule is C=CCCn1nc(OCCC)nc1Cc1ccc(-c2ccccc2C(=O)O)cc1. The lowest BCUT2D eigenvalue weighted by atomic mass is 9.98. The Morgan fingerprint density at radius 1 is 1.21 bits per heavy atom. The molecule has 3 rings (SSSR count). The van der Waals surface area contributed by atoms with E-state index in [9.17, 15) is 9.90 Å². The number of nitrogens with zero attached hydrogens (tertiary/aromatic N) is 3. The van der Waals surface area contributed by atoms with E-state index in [-0.39, 0.29) is 0 Å². The fraction of sp³-hybridized carbons (Fsp3) is 0.261. The molecule has 0 unspecified atom stereocenters. The standard InChI is InChI=1S/C23H25N3O3/c1-3-5-14-26-21(24-23(25-26)29-15-4-2)16-17-10-12-18(13-11-17)19-8-6-7-9-20(19)22(27)28/h3,6-13H,1,4-5,14-16H2,2H3,(H,27,28). The van der Waals surface area contributed by atoms with Gasteiger partial charge in [-0.05, 0) is 35.6 Å². The van der Waals surface area contributed by atoms with Crippen LogP contribution in [0.1, 0.15) is 41.5 Å². The normalized spacial score (nSPS) is 10.7. The van der Waals surface area contributed by atoms with Crippen LogP contribution < -0.4 is 4.74 Å². The number of benzene rings is 2. The number of aromatic nitrogens is 3. The van der Waals surface area contributed by atoms with Gasteiger partial charge in [-0.1, -0.05) is 55.5 Å². The summed E-state index contributed by atoms with van der Waals surface area (Å²) in [5.41, 5.74) is 2.93. The van der Waals surface area contributed by atoms with Crippen molar-refractivity contribution in [3.63, 3.8) is 0 Å². The molecule has 0 fully saturated rings. The van der Waals surface area contributed by atoms with Crippen molar-refractivity contribution in [3.05, 3.63) is 78.1 Å². The first-order valence-corrected chi connectivity index (χ1v) is 9.71. The van der Waals surface area contributed by atoms with E-state index in [1.807, 2.05) is 54.1 Å². The number of carboxylic acid groups (broad SMARTS) is 1. The highest BCUT2D eigenvalue weighted by molar-refractivity contribution is 5.95. The summed E-state index contributed by atoms with van der Waals surface area (Å²) in [5.74, 6) is -0.101. The van der Waals surface area contributed by atoms with E-state index in [1.165, 1.54) is 0 Å². The molecule has 0 aliphatic rings.